The van der Waals surface area contributed by atoms with Crippen LogP contribution < -0.4 is 0 Å². The highest BCUT2D eigenvalue weighted by Crippen LogP contribution is 2.20. The Morgan fingerprint density at radius 3 is 2.65 bits per heavy atom. The molecule has 0 fully saturated rings. The third-order valence-corrected chi connectivity index (χ3v) is 3.37. The van der Waals surface area contributed by atoms with E-state index in [4.69, 9.17) is 0 Å². The fraction of sp³-hybridized carbons (Fsp3) is 0.0714. The molecular weight excluding hydrogens is 320 g/mol. The summed E-state index contributed by atoms with van der Waals surface area (Å²) in [6, 6.07) is 15.2. The minimum atomic E-state index is -0.0785. The third kappa shape index (κ3) is 2.48. The smallest absolute Gasteiger partial charge is 0.205 e. The van der Waals surface area contributed by atoms with Gasteiger partial charge in [0, 0.05) is 15.6 Å². The second-order valence-electron chi connectivity index (χ2n) is 4.20. The van der Waals surface area contributed by atoms with E-state index in [1.165, 1.54) is 4.80 Å². The normalized spacial score (nSPS) is 10.7. The van der Waals surface area contributed by atoms with Crippen molar-refractivity contribution in [3.05, 3.63) is 58.6 Å². The minimum Gasteiger partial charge on any atom is -0.392 e. The van der Waals surface area contributed by atoms with E-state index in [0.717, 1.165) is 15.6 Å². The van der Waals surface area contributed by atoms with E-state index in [9.17, 15) is 5.11 Å². The molecule has 100 valence electrons. The molecule has 1 N–H and O–H groups in total. The van der Waals surface area contributed by atoms with Crippen LogP contribution in [-0.2, 0) is 6.61 Å². The van der Waals surface area contributed by atoms with E-state index in [2.05, 4.69) is 31.3 Å². The third-order valence-electron chi connectivity index (χ3n) is 2.88. The second kappa shape index (κ2) is 5.52. The molecular formula is C14H11BrN4O. The van der Waals surface area contributed by atoms with Crippen LogP contribution in [-0.4, -0.2) is 25.3 Å². The first kappa shape index (κ1) is 13.0. The zero-order valence-corrected chi connectivity index (χ0v) is 12.0. The van der Waals surface area contributed by atoms with Crippen LogP contribution in [0.15, 0.2) is 53.0 Å². The first-order valence-corrected chi connectivity index (χ1v) is 6.82. The summed E-state index contributed by atoms with van der Waals surface area (Å²) in [5.41, 5.74) is 2.35. The lowest BCUT2D eigenvalue weighted by Crippen LogP contribution is -2.03. The van der Waals surface area contributed by atoms with Crippen molar-refractivity contribution in [3.63, 3.8) is 0 Å². The summed E-state index contributed by atoms with van der Waals surface area (Å²) in [7, 11) is 0. The number of benzene rings is 2. The van der Waals surface area contributed by atoms with Crippen LogP contribution >= 0.6 is 15.9 Å². The number of hydrogen-bond donors (Lipinski definition) is 1. The quantitative estimate of drug-likeness (QED) is 0.801. The van der Waals surface area contributed by atoms with Crippen LogP contribution in [0.3, 0.4) is 0 Å². The van der Waals surface area contributed by atoms with Gasteiger partial charge in [0.1, 0.15) is 0 Å². The topological polar surface area (TPSA) is 63.8 Å². The molecule has 0 aliphatic carbocycles. The van der Waals surface area contributed by atoms with Crippen LogP contribution in [0.1, 0.15) is 5.56 Å². The molecule has 1 heterocycles. The van der Waals surface area contributed by atoms with Gasteiger partial charge in [-0.3, -0.25) is 0 Å². The molecule has 0 aliphatic heterocycles. The highest BCUT2D eigenvalue weighted by Gasteiger charge is 2.10. The summed E-state index contributed by atoms with van der Waals surface area (Å²) in [6.45, 7) is -0.0785. The van der Waals surface area contributed by atoms with Crippen molar-refractivity contribution in [3.8, 4) is 17.1 Å². The van der Waals surface area contributed by atoms with E-state index in [0.29, 0.717) is 11.5 Å². The molecule has 0 bridgehead atoms. The van der Waals surface area contributed by atoms with Crippen molar-refractivity contribution in [1.82, 2.24) is 20.2 Å². The number of aromatic nitrogens is 4. The van der Waals surface area contributed by atoms with Crippen LogP contribution in [0.4, 0.5) is 0 Å². The van der Waals surface area contributed by atoms with Crippen molar-refractivity contribution in [2.75, 3.05) is 0 Å². The maximum absolute atomic E-state index is 9.39. The molecule has 0 spiro atoms. The van der Waals surface area contributed by atoms with Gasteiger partial charge in [-0.1, -0.05) is 52.3 Å². The lowest BCUT2D eigenvalue weighted by molar-refractivity contribution is 0.281. The Bertz CT molecular complexity index is 727. The molecule has 0 saturated carbocycles. The first-order chi connectivity index (χ1) is 9.78. The number of halogens is 1. The van der Waals surface area contributed by atoms with E-state index < -0.39 is 0 Å². The molecule has 2 aromatic carbocycles. The molecule has 0 aliphatic rings. The number of nitrogens with zero attached hydrogens (tertiary/aromatic N) is 4. The summed E-state index contributed by atoms with van der Waals surface area (Å²) in [5.74, 6) is 0.550. The van der Waals surface area contributed by atoms with Gasteiger partial charge in [-0.15, -0.1) is 15.0 Å². The number of hydrogen-bond acceptors (Lipinski definition) is 4. The zero-order valence-electron chi connectivity index (χ0n) is 10.4. The predicted octanol–water partition coefficient (Wildman–Crippen LogP) is 2.58. The molecule has 0 unspecified atom stereocenters. The maximum atomic E-state index is 9.39. The van der Waals surface area contributed by atoms with Gasteiger partial charge in [0.15, 0.2) is 0 Å². The average molecular weight is 331 g/mol. The Morgan fingerprint density at radius 2 is 1.90 bits per heavy atom. The lowest BCUT2D eigenvalue weighted by atomic mass is 10.2. The summed E-state index contributed by atoms with van der Waals surface area (Å²) in [4.78, 5) is 1.43. The van der Waals surface area contributed by atoms with Crippen molar-refractivity contribution in [1.29, 1.82) is 0 Å². The highest BCUT2D eigenvalue weighted by molar-refractivity contribution is 9.10. The second-order valence-corrected chi connectivity index (χ2v) is 5.12. The van der Waals surface area contributed by atoms with E-state index in [1.807, 2.05) is 48.5 Å². The van der Waals surface area contributed by atoms with Crippen molar-refractivity contribution < 1.29 is 5.11 Å². The number of aliphatic hydroxyl groups excluding tert-OH is 1. The summed E-state index contributed by atoms with van der Waals surface area (Å²) in [6.07, 6.45) is 0. The van der Waals surface area contributed by atoms with Gasteiger partial charge in [0.25, 0.3) is 0 Å². The molecule has 0 amide bonds. The molecule has 0 saturated heterocycles. The summed E-state index contributed by atoms with van der Waals surface area (Å²) in [5, 5.41) is 21.9. The Balaban J connectivity index is 2.04. The number of rotatable bonds is 3. The van der Waals surface area contributed by atoms with E-state index in [1.54, 1.807) is 0 Å². The van der Waals surface area contributed by atoms with Crippen LogP contribution in [0, 0.1) is 0 Å². The van der Waals surface area contributed by atoms with Crippen molar-refractivity contribution in [2.45, 2.75) is 6.61 Å². The number of tetrazole rings is 1. The molecule has 0 radical (unpaired) electrons. The Kier molecular flexibility index (Phi) is 3.58. The molecule has 6 heteroatoms. The van der Waals surface area contributed by atoms with Gasteiger partial charge >= 0.3 is 0 Å². The Labute approximate surface area is 124 Å². The first-order valence-electron chi connectivity index (χ1n) is 6.03. The van der Waals surface area contributed by atoms with E-state index in [-0.39, 0.29) is 6.61 Å². The minimum absolute atomic E-state index is 0.0785. The Hall–Kier alpha value is -2.05. The summed E-state index contributed by atoms with van der Waals surface area (Å²) < 4.78 is 0.892. The number of aliphatic hydroxyl groups is 1. The monoisotopic (exact) mass is 330 g/mol. The van der Waals surface area contributed by atoms with Gasteiger partial charge in [0.2, 0.25) is 5.82 Å². The van der Waals surface area contributed by atoms with Gasteiger partial charge in [-0.05, 0) is 17.3 Å². The molecule has 3 rings (SSSR count). The van der Waals surface area contributed by atoms with Gasteiger partial charge in [-0.2, -0.15) is 0 Å². The molecule has 3 aromatic rings. The van der Waals surface area contributed by atoms with Crippen LogP contribution in [0.2, 0.25) is 0 Å². The van der Waals surface area contributed by atoms with Crippen LogP contribution in [0.25, 0.3) is 17.1 Å². The van der Waals surface area contributed by atoms with Gasteiger partial charge in [-0.25, -0.2) is 0 Å². The SMILES string of the molecule is OCc1ccc(Br)cc1-n1nnc(-c2ccccc2)n1. The largest absolute Gasteiger partial charge is 0.392 e. The fourth-order valence-electron chi connectivity index (χ4n) is 1.88. The average Bonchev–Trinajstić information content (AvgIpc) is 2.98. The van der Waals surface area contributed by atoms with Crippen molar-refractivity contribution in [2.24, 2.45) is 0 Å². The Morgan fingerprint density at radius 1 is 1.10 bits per heavy atom. The molecule has 5 nitrogen and oxygen atoms in total. The molecule has 1 aromatic heterocycles. The van der Waals surface area contributed by atoms with Crippen molar-refractivity contribution >= 4 is 15.9 Å². The highest BCUT2D eigenvalue weighted by atomic mass is 79.9. The fourth-order valence-corrected chi connectivity index (χ4v) is 2.23. The zero-order chi connectivity index (χ0) is 13.9. The predicted molar refractivity (Wildman–Crippen MR) is 78.2 cm³/mol. The maximum Gasteiger partial charge on any atom is 0.205 e. The lowest BCUT2D eigenvalue weighted by Gasteiger charge is -2.05. The van der Waals surface area contributed by atoms with Gasteiger partial charge in [0.05, 0.1) is 12.3 Å². The van der Waals surface area contributed by atoms with Crippen LogP contribution in [0.5, 0.6) is 0 Å². The van der Waals surface area contributed by atoms with Gasteiger partial charge < -0.3 is 5.11 Å². The van der Waals surface area contributed by atoms with E-state index >= 15 is 0 Å². The standard InChI is InChI=1S/C14H11BrN4O/c15-12-7-6-11(9-20)13(8-12)19-17-14(16-18-19)10-4-2-1-3-5-10/h1-8,20H,9H2. The molecule has 20 heavy (non-hydrogen) atoms. The summed E-state index contributed by atoms with van der Waals surface area (Å²) >= 11 is 3.40. The molecule has 0 atom stereocenters.